The van der Waals surface area contributed by atoms with Crippen LogP contribution in [-0.2, 0) is 20.1 Å². The molecule has 0 N–H and O–H groups in total. The Balaban J connectivity index is 0.000000195. The molecule has 8 heteroatoms. The van der Waals surface area contributed by atoms with E-state index in [1.54, 1.807) is 0 Å². The van der Waals surface area contributed by atoms with Crippen LogP contribution in [0, 0.1) is 12.1 Å². The first-order valence-electron chi connectivity index (χ1n) is 27.6. The molecular weight excluding hydrogens is 1180 g/mol. The molecule has 0 fully saturated rings. The van der Waals surface area contributed by atoms with E-state index in [0.29, 0.717) is 11.8 Å². The van der Waals surface area contributed by atoms with Crippen LogP contribution in [0.5, 0.6) is 0 Å². The molecule has 5 nitrogen and oxygen atoms in total. The van der Waals surface area contributed by atoms with Crippen molar-refractivity contribution in [3.63, 3.8) is 0 Å². The third-order valence-corrected chi connectivity index (χ3v) is 20.9. The zero-order valence-electron chi connectivity index (χ0n) is 48.7. The minimum atomic E-state index is -1.96. The van der Waals surface area contributed by atoms with Gasteiger partial charge in [-0.2, -0.15) is 0 Å². The first kappa shape index (κ1) is 52.0. The van der Waals surface area contributed by atoms with Crippen molar-refractivity contribution in [2.75, 3.05) is 0 Å². The Morgan fingerprint density at radius 2 is 1.11 bits per heavy atom. The summed E-state index contributed by atoms with van der Waals surface area (Å²) in [6.07, 6.45) is 0. The molecule has 0 aliphatic carbocycles. The summed E-state index contributed by atoms with van der Waals surface area (Å²) >= 11 is -1.96. The minimum Gasteiger partial charge on any atom is 0 e. The van der Waals surface area contributed by atoms with E-state index in [2.05, 4.69) is 201 Å². The first-order valence-corrected chi connectivity index (χ1v) is 37.5. The van der Waals surface area contributed by atoms with Crippen molar-refractivity contribution in [2.45, 2.75) is 116 Å². The Bertz CT molecular complexity index is 3920. The van der Waals surface area contributed by atoms with Gasteiger partial charge in [-0.3, -0.25) is 4.98 Å². The SMILES string of the molecule is CC(C)c1cc(-c2ccccc2)cc(C(C)C)c1-n1c(-c2[c-]ccc3c2oc2cccc([Si](C)(C)C)c23)nc2ccccc21.[2H]C(C)(C)c1cccc(C([2H])(C)C)c1-n1c(-c2[c-]c[c]([Ge]([CH3])([CH3])[CH3])cc2)nc2ccccc21.[Ir]. The van der Waals surface area contributed by atoms with Gasteiger partial charge in [0.25, 0.3) is 0 Å². The van der Waals surface area contributed by atoms with Crippen molar-refractivity contribution < 1.29 is 27.3 Å². The second-order valence-corrected chi connectivity index (χ2v) is 39.0. The van der Waals surface area contributed by atoms with E-state index in [4.69, 9.17) is 17.1 Å². The van der Waals surface area contributed by atoms with Crippen LogP contribution >= 0.6 is 0 Å². The zero-order valence-corrected chi connectivity index (χ0v) is 52.2. The Labute approximate surface area is 471 Å². The number of aromatic nitrogens is 4. The van der Waals surface area contributed by atoms with E-state index in [-0.39, 0.29) is 20.1 Å². The van der Waals surface area contributed by atoms with Crippen LogP contribution in [-0.4, -0.2) is 40.4 Å². The number of benzene rings is 8. The third kappa shape index (κ3) is 10.3. The van der Waals surface area contributed by atoms with Gasteiger partial charge in [0.05, 0.1) is 30.5 Å². The van der Waals surface area contributed by atoms with Gasteiger partial charge in [0, 0.05) is 31.2 Å². The van der Waals surface area contributed by atoms with Crippen LogP contribution in [0.1, 0.15) is 104 Å². The summed E-state index contributed by atoms with van der Waals surface area (Å²) in [5.74, 6) is 7.72. The largest absolute Gasteiger partial charge is 0 e. The number of hydrogen-bond acceptors (Lipinski definition) is 3. The standard InChI is InChI=1S/C40H39N2OSi.C28H33GeN2.Ir/c1-25(2)31-23-28(27-15-9-8-10-16-27)24-32(26(3)4)38(31)42-34-20-12-11-19-33(34)41-40(42)30-18-13-17-29-37-35(43-39(29)30)21-14-22-36(37)44(5,6)7;1-19(2)23-11-10-12-24(20(3)4)27(23)31-26-14-9-8-13-25(26)30-28(31)21-15-17-22(18-16-21)29(5,6)7;/h8-17,19-26H,1-7H3;8-15,17-20H,1-7H3;/q2*-1;/i;19D,20D;. The normalized spacial score (nSPS) is 12.8. The number of para-hydroxylation sites is 5. The Hall–Kier alpha value is -6.09. The van der Waals surface area contributed by atoms with Crippen LogP contribution in [0.4, 0.5) is 0 Å². The van der Waals surface area contributed by atoms with E-state index in [0.717, 1.165) is 78.2 Å². The zero-order chi connectivity index (χ0) is 54.9. The summed E-state index contributed by atoms with van der Waals surface area (Å²) in [7, 11) is -1.63. The summed E-state index contributed by atoms with van der Waals surface area (Å²) in [6.45, 7) is 24.0. The first-order chi connectivity index (χ1) is 36.4. The van der Waals surface area contributed by atoms with Gasteiger partial charge in [-0.25, -0.2) is 0 Å². The topological polar surface area (TPSA) is 48.8 Å². The average Bonchev–Trinajstić information content (AvgIpc) is 4.28. The molecule has 3 heterocycles. The quantitative estimate of drug-likeness (QED) is 0.0958. The van der Waals surface area contributed by atoms with Gasteiger partial charge in [0.1, 0.15) is 5.58 Å². The molecule has 0 aliphatic heterocycles. The van der Waals surface area contributed by atoms with Crippen LogP contribution in [0.3, 0.4) is 0 Å². The van der Waals surface area contributed by atoms with Crippen LogP contribution in [0.2, 0.25) is 36.9 Å². The number of nitrogens with zero attached hydrogens (tertiary/aromatic N) is 4. The number of imidazole rings is 2. The second kappa shape index (κ2) is 21.7. The second-order valence-electron chi connectivity index (χ2n) is 23.3. The van der Waals surface area contributed by atoms with Gasteiger partial charge in [0.15, 0.2) is 0 Å². The maximum Gasteiger partial charge on any atom is 0 e. The Morgan fingerprint density at radius 3 is 1.64 bits per heavy atom. The average molecular weight is 1260 g/mol. The van der Waals surface area contributed by atoms with E-state index in [9.17, 15) is 0 Å². The molecule has 1 radical (unpaired) electrons. The maximum absolute atomic E-state index is 8.90. The van der Waals surface area contributed by atoms with Gasteiger partial charge < -0.3 is 8.98 Å². The van der Waals surface area contributed by atoms with Crippen molar-refractivity contribution in [3.8, 4) is 45.3 Å². The molecule has 0 unspecified atom stereocenters. The van der Waals surface area contributed by atoms with Crippen LogP contribution in [0.15, 0.2) is 162 Å². The fourth-order valence-electron chi connectivity index (χ4n) is 10.7. The Kier molecular flexibility index (Phi) is 14.9. The molecule has 8 aromatic carbocycles. The van der Waals surface area contributed by atoms with E-state index < -0.39 is 33.1 Å². The van der Waals surface area contributed by atoms with Crippen molar-refractivity contribution in [2.24, 2.45) is 0 Å². The summed E-state index contributed by atoms with van der Waals surface area (Å²) in [6, 6.07) is 62.4. The van der Waals surface area contributed by atoms with Crippen molar-refractivity contribution in [3.05, 3.63) is 192 Å². The molecule has 0 aliphatic rings. The number of fused-ring (bicyclic) bond motifs is 5. The molecule has 11 aromatic rings. The molecule has 3 aromatic heterocycles. The smallest absolute Gasteiger partial charge is 0 e. The molecular formula is C68H72GeIrN4OSi-2. The fraction of sp³-hybridized carbons (Fsp3) is 0.265. The van der Waals surface area contributed by atoms with Crippen molar-refractivity contribution >= 4 is 74.9 Å². The molecule has 0 amide bonds. The molecule has 76 heavy (non-hydrogen) atoms. The minimum absolute atomic E-state index is 0. The molecule has 389 valence electrons. The molecule has 0 spiro atoms. The summed E-state index contributed by atoms with van der Waals surface area (Å²) < 4.78 is 30.5. The number of rotatable bonds is 11. The summed E-state index contributed by atoms with van der Waals surface area (Å²) in [4.78, 5) is 10.3. The van der Waals surface area contributed by atoms with Gasteiger partial charge in [0.2, 0.25) is 0 Å². The third-order valence-electron chi connectivity index (χ3n) is 14.6. The molecule has 0 saturated heterocycles. The van der Waals surface area contributed by atoms with Gasteiger partial charge in [-0.05, 0) is 64.4 Å². The van der Waals surface area contributed by atoms with Gasteiger partial charge >= 0.3 is 193 Å². The number of hydrogen-bond donors (Lipinski definition) is 0. The van der Waals surface area contributed by atoms with E-state index >= 15 is 0 Å². The molecule has 0 atom stereocenters. The van der Waals surface area contributed by atoms with E-state index in [1.165, 1.54) is 42.9 Å². The van der Waals surface area contributed by atoms with Gasteiger partial charge in [-0.1, -0.05) is 118 Å². The maximum atomic E-state index is 8.90. The Morgan fingerprint density at radius 1 is 0.566 bits per heavy atom. The monoisotopic (exact) mass is 1260 g/mol. The predicted molar refractivity (Wildman–Crippen MR) is 326 cm³/mol. The van der Waals surface area contributed by atoms with Crippen molar-refractivity contribution in [1.29, 1.82) is 0 Å². The molecule has 0 saturated carbocycles. The van der Waals surface area contributed by atoms with Crippen LogP contribution in [0.25, 0.3) is 89.3 Å². The number of furan rings is 1. The summed E-state index contributed by atoms with van der Waals surface area (Å²) in [5.41, 5.74) is 16.5. The fourth-order valence-corrected chi connectivity index (χ4v) is 14.6. The summed E-state index contributed by atoms with van der Waals surface area (Å²) in [5, 5.41) is 3.79. The molecule has 0 bridgehead atoms. The van der Waals surface area contributed by atoms with Crippen LogP contribution < -0.4 is 9.58 Å². The van der Waals surface area contributed by atoms with Crippen molar-refractivity contribution in [1.82, 2.24) is 19.1 Å². The molecule has 11 rings (SSSR count). The van der Waals surface area contributed by atoms with E-state index in [1.807, 2.05) is 70.2 Å². The predicted octanol–water partition coefficient (Wildman–Crippen LogP) is 18.1. The van der Waals surface area contributed by atoms with Gasteiger partial charge in [-0.15, -0.1) is 18.2 Å².